The van der Waals surface area contributed by atoms with Crippen LogP contribution in [0.5, 0.6) is 0 Å². The Morgan fingerprint density at radius 2 is 1.92 bits per heavy atom. The summed E-state index contributed by atoms with van der Waals surface area (Å²) >= 11 is 0. The van der Waals surface area contributed by atoms with Gasteiger partial charge >= 0.3 is 5.97 Å². The lowest BCUT2D eigenvalue weighted by molar-refractivity contribution is -0.153. The molecule has 1 fully saturated rings. The highest BCUT2D eigenvalue weighted by Crippen LogP contribution is 2.33. The van der Waals surface area contributed by atoms with E-state index in [0.29, 0.717) is 6.42 Å². The third-order valence-electron chi connectivity index (χ3n) is 2.26. The monoisotopic (exact) mass is 184 g/mol. The van der Waals surface area contributed by atoms with Crippen molar-refractivity contribution in [2.24, 2.45) is 11.8 Å². The van der Waals surface area contributed by atoms with Gasteiger partial charge in [0.05, 0.1) is 5.92 Å². The van der Waals surface area contributed by atoms with Gasteiger partial charge in [0.15, 0.2) is 0 Å². The molecule has 72 valence electrons. The van der Waals surface area contributed by atoms with Gasteiger partial charge in [0.1, 0.15) is 5.78 Å². The van der Waals surface area contributed by atoms with Gasteiger partial charge in [-0.1, -0.05) is 6.92 Å². The highest BCUT2D eigenvalue weighted by molar-refractivity contribution is 6.37. The van der Waals surface area contributed by atoms with Crippen LogP contribution in [0.15, 0.2) is 0 Å². The molecule has 0 aromatic rings. The van der Waals surface area contributed by atoms with Crippen LogP contribution in [0.3, 0.4) is 0 Å². The Morgan fingerprint density at radius 1 is 1.38 bits per heavy atom. The van der Waals surface area contributed by atoms with Crippen LogP contribution in [-0.2, 0) is 14.4 Å². The summed E-state index contributed by atoms with van der Waals surface area (Å²) in [6, 6.07) is 0. The first-order valence-corrected chi connectivity index (χ1v) is 4.38. The van der Waals surface area contributed by atoms with E-state index < -0.39 is 17.7 Å². The van der Waals surface area contributed by atoms with Crippen molar-refractivity contribution in [3.05, 3.63) is 0 Å². The molecule has 13 heavy (non-hydrogen) atoms. The van der Waals surface area contributed by atoms with Gasteiger partial charge in [-0.2, -0.15) is 0 Å². The van der Waals surface area contributed by atoms with Crippen LogP contribution in [0.25, 0.3) is 0 Å². The summed E-state index contributed by atoms with van der Waals surface area (Å²) in [5, 5.41) is 8.43. The molecular weight excluding hydrogens is 172 g/mol. The molecular formula is C9H12O4. The molecule has 0 bridgehead atoms. The van der Waals surface area contributed by atoms with Crippen LogP contribution in [0.1, 0.15) is 26.2 Å². The number of aliphatic carboxylic acids is 1. The summed E-state index contributed by atoms with van der Waals surface area (Å²) in [4.78, 5) is 32.8. The van der Waals surface area contributed by atoms with E-state index >= 15 is 0 Å². The fourth-order valence-electron chi connectivity index (χ4n) is 1.32. The van der Waals surface area contributed by atoms with Crippen LogP contribution in [0, 0.1) is 11.8 Å². The number of carbonyl (C=O) groups is 3. The number of ketones is 2. The molecule has 0 aliphatic heterocycles. The van der Waals surface area contributed by atoms with Crippen molar-refractivity contribution >= 4 is 17.5 Å². The molecule has 0 radical (unpaired) electrons. The molecule has 1 rings (SSSR count). The lowest BCUT2D eigenvalue weighted by Crippen LogP contribution is -2.30. The Labute approximate surface area is 75.9 Å². The predicted octanol–water partition coefficient (Wildman–Crippen LogP) is 0.645. The van der Waals surface area contributed by atoms with E-state index in [4.69, 9.17) is 5.11 Å². The van der Waals surface area contributed by atoms with Crippen LogP contribution in [-0.4, -0.2) is 22.6 Å². The highest BCUT2D eigenvalue weighted by Gasteiger charge is 2.39. The van der Waals surface area contributed by atoms with Crippen molar-refractivity contribution in [3.8, 4) is 0 Å². The second-order valence-electron chi connectivity index (χ2n) is 3.31. The van der Waals surface area contributed by atoms with E-state index in [2.05, 4.69) is 0 Å². The predicted molar refractivity (Wildman–Crippen MR) is 44.2 cm³/mol. The van der Waals surface area contributed by atoms with Gasteiger partial charge in [0, 0.05) is 5.92 Å². The maximum atomic E-state index is 11.4. The van der Waals surface area contributed by atoms with Crippen molar-refractivity contribution in [2.45, 2.75) is 26.2 Å². The molecule has 4 heteroatoms. The number of carbonyl (C=O) groups excluding carboxylic acids is 2. The van der Waals surface area contributed by atoms with Crippen LogP contribution in [0.2, 0.25) is 0 Å². The second kappa shape index (κ2) is 3.68. The fourth-order valence-corrected chi connectivity index (χ4v) is 1.32. The summed E-state index contributed by atoms with van der Waals surface area (Å²) in [5.41, 5.74) is 0. The van der Waals surface area contributed by atoms with E-state index in [0.717, 1.165) is 12.8 Å². The van der Waals surface area contributed by atoms with E-state index in [1.807, 2.05) is 0 Å². The number of hydrogen-bond acceptors (Lipinski definition) is 3. The maximum Gasteiger partial charge on any atom is 0.372 e. The molecule has 0 aromatic carbocycles. The zero-order chi connectivity index (χ0) is 10.0. The molecule has 0 spiro atoms. The molecule has 0 saturated heterocycles. The van der Waals surface area contributed by atoms with Gasteiger partial charge in [0.25, 0.3) is 0 Å². The van der Waals surface area contributed by atoms with Crippen molar-refractivity contribution in [1.29, 1.82) is 0 Å². The Hall–Kier alpha value is -1.19. The molecule has 1 unspecified atom stereocenters. The largest absolute Gasteiger partial charge is 0.475 e. The second-order valence-corrected chi connectivity index (χ2v) is 3.31. The number of carboxylic acids is 1. The van der Waals surface area contributed by atoms with E-state index in [1.54, 1.807) is 6.92 Å². The van der Waals surface area contributed by atoms with Gasteiger partial charge in [-0.3, -0.25) is 9.59 Å². The van der Waals surface area contributed by atoms with Crippen LogP contribution >= 0.6 is 0 Å². The number of Topliss-reactive ketones (excluding diaryl/α,β-unsaturated/α-hetero) is 2. The lowest BCUT2D eigenvalue weighted by Gasteiger charge is -2.08. The molecule has 0 amide bonds. The molecule has 0 heterocycles. The fraction of sp³-hybridized carbons (Fsp3) is 0.667. The third kappa shape index (κ3) is 2.14. The smallest absolute Gasteiger partial charge is 0.372 e. The number of carboxylic acid groups (broad SMARTS) is 1. The summed E-state index contributed by atoms with van der Waals surface area (Å²) in [6.07, 6.45) is 1.91. The number of hydrogen-bond donors (Lipinski definition) is 1. The minimum atomic E-state index is -1.50. The molecule has 1 N–H and O–H groups in total. The van der Waals surface area contributed by atoms with Gasteiger partial charge in [-0.25, -0.2) is 4.79 Å². The van der Waals surface area contributed by atoms with E-state index in [-0.39, 0.29) is 11.7 Å². The zero-order valence-corrected chi connectivity index (χ0v) is 7.45. The zero-order valence-electron chi connectivity index (χ0n) is 7.45. The SMILES string of the molecule is CCC(C(=O)C(=O)O)C(=O)C1CC1. The van der Waals surface area contributed by atoms with Crippen molar-refractivity contribution in [1.82, 2.24) is 0 Å². The normalized spacial score (nSPS) is 17.9. The summed E-state index contributed by atoms with van der Waals surface area (Å²) < 4.78 is 0. The summed E-state index contributed by atoms with van der Waals surface area (Å²) in [7, 11) is 0. The summed E-state index contributed by atoms with van der Waals surface area (Å²) in [5.74, 6) is -3.60. The highest BCUT2D eigenvalue weighted by atomic mass is 16.4. The summed E-state index contributed by atoms with van der Waals surface area (Å²) in [6.45, 7) is 1.66. The minimum Gasteiger partial charge on any atom is -0.475 e. The Kier molecular flexibility index (Phi) is 2.80. The van der Waals surface area contributed by atoms with Crippen molar-refractivity contribution in [3.63, 3.8) is 0 Å². The average molecular weight is 184 g/mol. The van der Waals surface area contributed by atoms with Gasteiger partial charge in [-0.05, 0) is 19.3 Å². The quantitative estimate of drug-likeness (QED) is 0.503. The molecule has 1 atom stereocenters. The van der Waals surface area contributed by atoms with E-state index in [9.17, 15) is 14.4 Å². The average Bonchev–Trinajstić information content (AvgIpc) is 2.87. The maximum absolute atomic E-state index is 11.4. The topological polar surface area (TPSA) is 71.4 Å². The first-order chi connectivity index (χ1) is 6.07. The Bertz CT molecular complexity index is 252. The van der Waals surface area contributed by atoms with Crippen molar-refractivity contribution < 1.29 is 19.5 Å². The standard InChI is InChI=1S/C9H12O4/c1-2-6(8(11)9(12)13)7(10)5-3-4-5/h5-6H,2-4H2,1H3,(H,12,13). The van der Waals surface area contributed by atoms with Crippen LogP contribution in [0.4, 0.5) is 0 Å². The number of rotatable bonds is 5. The first-order valence-electron chi connectivity index (χ1n) is 4.38. The van der Waals surface area contributed by atoms with E-state index in [1.165, 1.54) is 0 Å². The third-order valence-corrected chi connectivity index (χ3v) is 2.26. The molecule has 0 aromatic heterocycles. The van der Waals surface area contributed by atoms with Crippen LogP contribution < -0.4 is 0 Å². The minimum absolute atomic E-state index is 0.0479. The molecule has 4 nitrogen and oxygen atoms in total. The van der Waals surface area contributed by atoms with Gasteiger partial charge in [0.2, 0.25) is 5.78 Å². The lowest BCUT2D eigenvalue weighted by atomic mass is 9.93. The molecule has 1 aliphatic carbocycles. The van der Waals surface area contributed by atoms with Gasteiger partial charge < -0.3 is 5.11 Å². The first kappa shape index (κ1) is 9.89. The van der Waals surface area contributed by atoms with Crippen molar-refractivity contribution in [2.75, 3.05) is 0 Å². The Morgan fingerprint density at radius 3 is 2.23 bits per heavy atom. The molecule has 1 saturated carbocycles. The van der Waals surface area contributed by atoms with Gasteiger partial charge in [-0.15, -0.1) is 0 Å². The molecule has 1 aliphatic rings. The Balaban J connectivity index is 2.65.